The largest absolute Gasteiger partial charge is 0.491 e. The third-order valence-electron chi connectivity index (χ3n) is 8.85. The molecule has 0 bridgehead atoms. The molecule has 1 fully saturated rings. The average Bonchev–Trinajstić information content (AvgIpc) is 3.42. The van der Waals surface area contributed by atoms with Gasteiger partial charge in [0.1, 0.15) is 30.3 Å². The van der Waals surface area contributed by atoms with Crippen molar-refractivity contribution in [3.05, 3.63) is 132 Å². The van der Waals surface area contributed by atoms with E-state index in [0.29, 0.717) is 6.61 Å². The number of ether oxygens (including phenoxy) is 3. The highest BCUT2D eigenvalue weighted by molar-refractivity contribution is 6.33. The van der Waals surface area contributed by atoms with E-state index >= 15 is 0 Å². The van der Waals surface area contributed by atoms with Gasteiger partial charge in [-0.3, -0.25) is 0 Å². The number of hydrogen-bond acceptors (Lipinski definition) is 3. The Bertz CT molecular complexity index is 1990. The molecule has 0 unspecified atom stereocenters. The molecule has 1 saturated heterocycles. The van der Waals surface area contributed by atoms with Crippen LogP contribution in [0.15, 0.2) is 115 Å². The number of rotatable bonds is 6. The van der Waals surface area contributed by atoms with Gasteiger partial charge in [-0.05, 0) is 86.8 Å². The van der Waals surface area contributed by atoms with E-state index in [1.807, 2.05) is 24.3 Å². The van der Waals surface area contributed by atoms with Gasteiger partial charge in [-0.25, -0.2) is 0 Å². The van der Waals surface area contributed by atoms with Crippen molar-refractivity contribution in [3.8, 4) is 11.5 Å². The molecule has 0 saturated carbocycles. The summed E-state index contributed by atoms with van der Waals surface area (Å²) in [5.74, 6) is 1.70. The third kappa shape index (κ3) is 4.24. The van der Waals surface area contributed by atoms with E-state index in [0.717, 1.165) is 17.9 Å². The lowest BCUT2D eigenvalue weighted by atomic mass is 9.87. The standard InChI is InChI=1S/C39H32O3/c1-24-12-16-27(17-13-24)40-23-37-36(41-28-18-14-25(2)15-19-28)22-35(42-37)29-20-21-34-32-9-4-7-26-6-3-8-31(38(26)32)33-11-5-10-30(29)39(33)34/h3-21,35-37H,22-23H2,1-2H3/t35-,36+,37-/m1/s1. The second kappa shape index (κ2) is 10.0. The van der Waals surface area contributed by atoms with Gasteiger partial charge in [0, 0.05) is 6.42 Å². The molecule has 1 aliphatic rings. The Labute approximate surface area is 245 Å². The molecule has 8 rings (SSSR count). The highest BCUT2D eigenvalue weighted by Gasteiger charge is 2.39. The Balaban J connectivity index is 1.19. The summed E-state index contributed by atoms with van der Waals surface area (Å²) in [5.41, 5.74) is 3.63. The van der Waals surface area contributed by atoms with Crippen LogP contribution in [-0.2, 0) is 4.74 Å². The van der Waals surface area contributed by atoms with Crippen LogP contribution in [-0.4, -0.2) is 18.8 Å². The highest BCUT2D eigenvalue weighted by atomic mass is 16.6. The lowest BCUT2D eigenvalue weighted by Crippen LogP contribution is -2.32. The van der Waals surface area contributed by atoms with Crippen LogP contribution < -0.4 is 9.47 Å². The van der Waals surface area contributed by atoms with Gasteiger partial charge < -0.3 is 14.2 Å². The Kier molecular flexibility index (Phi) is 6.01. The molecule has 1 heterocycles. The van der Waals surface area contributed by atoms with Crippen LogP contribution >= 0.6 is 0 Å². The van der Waals surface area contributed by atoms with Crippen molar-refractivity contribution in [2.24, 2.45) is 0 Å². The molecule has 42 heavy (non-hydrogen) atoms. The van der Waals surface area contributed by atoms with Gasteiger partial charge in [0.05, 0.1) is 6.10 Å². The van der Waals surface area contributed by atoms with Crippen LogP contribution in [0.25, 0.3) is 43.1 Å². The maximum Gasteiger partial charge on any atom is 0.131 e. The van der Waals surface area contributed by atoms with Gasteiger partial charge >= 0.3 is 0 Å². The van der Waals surface area contributed by atoms with Gasteiger partial charge in [0.15, 0.2) is 0 Å². The molecule has 0 aromatic heterocycles. The van der Waals surface area contributed by atoms with Gasteiger partial charge in [-0.1, -0.05) is 102 Å². The summed E-state index contributed by atoms with van der Waals surface area (Å²) in [6.07, 6.45) is 0.298. The van der Waals surface area contributed by atoms with Crippen LogP contribution in [0, 0.1) is 13.8 Å². The molecule has 3 atom stereocenters. The molecule has 7 aromatic rings. The van der Waals surface area contributed by atoms with E-state index in [1.165, 1.54) is 59.8 Å². The predicted molar refractivity (Wildman–Crippen MR) is 172 cm³/mol. The Morgan fingerprint density at radius 2 is 1.17 bits per heavy atom. The van der Waals surface area contributed by atoms with Crippen LogP contribution in [0.3, 0.4) is 0 Å². The van der Waals surface area contributed by atoms with Crippen LogP contribution in [0.4, 0.5) is 0 Å². The number of hydrogen-bond donors (Lipinski definition) is 0. The van der Waals surface area contributed by atoms with Crippen LogP contribution in [0.1, 0.15) is 29.2 Å². The fourth-order valence-electron chi connectivity index (χ4n) is 6.74. The monoisotopic (exact) mass is 548 g/mol. The van der Waals surface area contributed by atoms with Crippen molar-refractivity contribution in [1.29, 1.82) is 0 Å². The van der Waals surface area contributed by atoms with E-state index in [4.69, 9.17) is 14.2 Å². The molecule has 7 aromatic carbocycles. The van der Waals surface area contributed by atoms with Gasteiger partial charge in [-0.2, -0.15) is 0 Å². The van der Waals surface area contributed by atoms with E-state index in [9.17, 15) is 0 Å². The quantitative estimate of drug-likeness (QED) is 0.153. The van der Waals surface area contributed by atoms with Crippen molar-refractivity contribution in [3.63, 3.8) is 0 Å². The Morgan fingerprint density at radius 1 is 0.595 bits per heavy atom. The minimum Gasteiger partial charge on any atom is -0.491 e. The van der Waals surface area contributed by atoms with Crippen LogP contribution in [0.5, 0.6) is 11.5 Å². The lowest BCUT2D eigenvalue weighted by Gasteiger charge is -2.21. The van der Waals surface area contributed by atoms with E-state index in [2.05, 4.69) is 105 Å². The summed E-state index contributed by atoms with van der Waals surface area (Å²) in [6, 6.07) is 41.0. The van der Waals surface area contributed by atoms with Crippen molar-refractivity contribution < 1.29 is 14.2 Å². The molecule has 0 radical (unpaired) electrons. The van der Waals surface area contributed by atoms with Crippen molar-refractivity contribution in [2.45, 2.75) is 38.6 Å². The normalized spacial score (nSPS) is 18.9. The zero-order chi connectivity index (χ0) is 28.2. The summed E-state index contributed by atoms with van der Waals surface area (Å²) in [7, 11) is 0. The fourth-order valence-corrected chi connectivity index (χ4v) is 6.74. The van der Waals surface area contributed by atoms with Crippen molar-refractivity contribution in [1.82, 2.24) is 0 Å². The summed E-state index contributed by atoms with van der Waals surface area (Å²) in [5, 5.41) is 10.4. The summed E-state index contributed by atoms with van der Waals surface area (Å²) >= 11 is 0. The molecule has 3 nitrogen and oxygen atoms in total. The number of benzene rings is 7. The zero-order valence-corrected chi connectivity index (χ0v) is 23.8. The summed E-state index contributed by atoms with van der Waals surface area (Å²) in [4.78, 5) is 0. The first-order valence-corrected chi connectivity index (χ1v) is 14.8. The SMILES string of the molecule is Cc1ccc(OC[C@H]2O[C@@H](c3ccc4c5cccc6cccc(c7cccc3c74)c65)C[C@@H]2Oc2ccc(C)cc2)cc1. The Hall–Kier alpha value is -4.60. The molecule has 1 aliphatic heterocycles. The number of aryl methyl sites for hydroxylation is 2. The highest BCUT2D eigenvalue weighted by Crippen LogP contribution is 2.45. The van der Waals surface area contributed by atoms with Crippen LogP contribution in [0.2, 0.25) is 0 Å². The van der Waals surface area contributed by atoms with Crippen molar-refractivity contribution in [2.75, 3.05) is 6.61 Å². The minimum atomic E-state index is -0.210. The lowest BCUT2D eigenvalue weighted by molar-refractivity contribution is -0.0103. The molecule has 3 heteroatoms. The first kappa shape index (κ1) is 25.1. The summed E-state index contributed by atoms with van der Waals surface area (Å²) < 4.78 is 19.6. The second-order valence-corrected chi connectivity index (χ2v) is 11.6. The van der Waals surface area contributed by atoms with Gasteiger partial charge in [0.2, 0.25) is 0 Å². The molecule has 0 N–H and O–H groups in total. The molecular weight excluding hydrogens is 516 g/mol. The predicted octanol–water partition coefficient (Wildman–Crippen LogP) is 9.71. The van der Waals surface area contributed by atoms with E-state index in [-0.39, 0.29) is 18.3 Å². The maximum absolute atomic E-state index is 6.82. The molecule has 0 aliphatic carbocycles. The average molecular weight is 549 g/mol. The molecule has 206 valence electrons. The van der Waals surface area contributed by atoms with E-state index in [1.54, 1.807) is 0 Å². The first-order valence-electron chi connectivity index (χ1n) is 14.8. The maximum atomic E-state index is 6.82. The third-order valence-corrected chi connectivity index (χ3v) is 8.85. The summed E-state index contributed by atoms with van der Waals surface area (Å²) in [6.45, 7) is 4.60. The molecular formula is C39H32O3. The van der Waals surface area contributed by atoms with Gasteiger partial charge in [0.25, 0.3) is 0 Å². The van der Waals surface area contributed by atoms with Gasteiger partial charge in [-0.15, -0.1) is 0 Å². The Morgan fingerprint density at radius 3 is 1.86 bits per heavy atom. The minimum absolute atomic E-state index is 0.107. The zero-order valence-electron chi connectivity index (χ0n) is 23.8. The molecule has 0 spiro atoms. The fraction of sp³-hybridized carbons (Fsp3) is 0.179. The number of fused-ring (bicyclic) bond motifs is 2. The topological polar surface area (TPSA) is 27.7 Å². The van der Waals surface area contributed by atoms with E-state index < -0.39 is 0 Å². The van der Waals surface area contributed by atoms with Crippen molar-refractivity contribution >= 4 is 43.1 Å². The first-order chi connectivity index (χ1) is 20.6. The smallest absolute Gasteiger partial charge is 0.131 e. The second-order valence-electron chi connectivity index (χ2n) is 11.6. The molecule has 0 amide bonds.